The summed E-state index contributed by atoms with van der Waals surface area (Å²) < 4.78 is 2.19. The molecule has 2 unspecified atom stereocenters. The maximum absolute atomic E-state index is 11.2. The molecule has 2 heterocycles. The number of hydrogen-bond donors (Lipinski definition) is 2. The largest absolute Gasteiger partial charge is 0.366 e. The van der Waals surface area contributed by atoms with Gasteiger partial charge in [-0.3, -0.25) is 9.79 Å². The topological polar surface area (TPSA) is 88.5 Å². The van der Waals surface area contributed by atoms with Crippen molar-refractivity contribution in [3.8, 4) is 0 Å². The summed E-state index contributed by atoms with van der Waals surface area (Å²) in [7, 11) is 1.81. The quantitative estimate of drug-likeness (QED) is 0.645. The Hall–Kier alpha value is -2.83. The van der Waals surface area contributed by atoms with Gasteiger partial charge in [-0.2, -0.15) is 0 Å². The van der Waals surface area contributed by atoms with E-state index in [9.17, 15) is 4.79 Å². The van der Waals surface area contributed by atoms with E-state index in [2.05, 4.69) is 31.7 Å². The van der Waals surface area contributed by atoms with E-state index in [4.69, 9.17) is 5.73 Å². The lowest BCUT2D eigenvalue weighted by Crippen LogP contribution is -2.48. The van der Waals surface area contributed by atoms with Crippen molar-refractivity contribution in [1.82, 2.24) is 19.8 Å². The van der Waals surface area contributed by atoms with Crippen molar-refractivity contribution >= 4 is 11.9 Å². The number of primary amides is 1. The Morgan fingerprint density at radius 3 is 2.77 bits per heavy atom. The molecule has 1 aliphatic heterocycles. The Kier molecular flexibility index (Phi) is 5.55. The minimum absolute atomic E-state index is 0.389. The van der Waals surface area contributed by atoms with Gasteiger partial charge in [0.05, 0.1) is 12.4 Å². The summed E-state index contributed by atoms with van der Waals surface area (Å²) >= 11 is 0. The molecule has 2 aromatic rings. The van der Waals surface area contributed by atoms with Crippen molar-refractivity contribution in [3.63, 3.8) is 0 Å². The van der Waals surface area contributed by atoms with Gasteiger partial charge in [0.1, 0.15) is 0 Å². The summed E-state index contributed by atoms with van der Waals surface area (Å²) in [5, 5.41) is 3.42. The molecule has 3 N–H and O–H groups in total. The van der Waals surface area contributed by atoms with Crippen LogP contribution in [0.15, 0.2) is 48.0 Å². The molecule has 1 aromatic carbocycles. The lowest BCUT2D eigenvalue weighted by molar-refractivity contribution is 0.100. The average Bonchev–Trinajstić information content (AvgIpc) is 3.18. The van der Waals surface area contributed by atoms with Gasteiger partial charge in [0.15, 0.2) is 5.96 Å². The van der Waals surface area contributed by atoms with Crippen LogP contribution in [0.4, 0.5) is 0 Å². The summed E-state index contributed by atoms with van der Waals surface area (Å²) in [4.78, 5) is 22.1. The average molecular weight is 354 g/mol. The zero-order valence-corrected chi connectivity index (χ0v) is 15.3. The number of imidazole rings is 1. The van der Waals surface area contributed by atoms with Gasteiger partial charge in [0.2, 0.25) is 5.91 Å². The van der Waals surface area contributed by atoms with Gasteiger partial charge < -0.3 is 20.5 Å². The van der Waals surface area contributed by atoms with Crippen LogP contribution < -0.4 is 11.1 Å². The van der Waals surface area contributed by atoms with E-state index in [1.165, 1.54) is 0 Å². The molecule has 1 aromatic heterocycles. The molecule has 0 aliphatic carbocycles. The number of guanidine groups is 1. The maximum atomic E-state index is 11.2. The number of rotatable bonds is 4. The second-order valence-electron chi connectivity index (χ2n) is 6.75. The third kappa shape index (κ3) is 4.04. The van der Waals surface area contributed by atoms with E-state index in [1.807, 2.05) is 37.9 Å². The highest BCUT2D eigenvalue weighted by Crippen LogP contribution is 2.27. The number of nitrogens with two attached hydrogens (primary N) is 1. The van der Waals surface area contributed by atoms with Gasteiger partial charge in [0.25, 0.3) is 0 Å². The van der Waals surface area contributed by atoms with Crippen LogP contribution in [0.1, 0.15) is 35.3 Å². The molecule has 0 radical (unpaired) electrons. The molecular weight excluding hydrogens is 328 g/mol. The minimum atomic E-state index is -0.409. The number of hydrogen-bond acceptors (Lipinski definition) is 3. The number of carbonyl (C=O) groups is 1. The van der Waals surface area contributed by atoms with Crippen molar-refractivity contribution in [1.29, 1.82) is 0 Å². The monoisotopic (exact) mass is 354 g/mol. The number of amides is 1. The first kappa shape index (κ1) is 18.0. The number of likely N-dealkylation sites (tertiary alicyclic amines) is 1. The third-order valence-electron chi connectivity index (χ3n) is 5.03. The normalized spacial score (nSPS) is 20.8. The molecular formula is C19H26N6O. The Balaban J connectivity index is 1.62. The SMILES string of the molecule is CN=C(NCc1ccc(C(N)=O)cc1)N1CCC(C)C(n2ccnc2)C1. The fourth-order valence-corrected chi connectivity index (χ4v) is 3.40. The van der Waals surface area contributed by atoms with Gasteiger partial charge in [0, 0.05) is 44.6 Å². The maximum Gasteiger partial charge on any atom is 0.248 e. The summed E-state index contributed by atoms with van der Waals surface area (Å²) in [6.07, 6.45) is 6.85. The first-order valence-corrected chi connectivity index (χ1v) is 8.90. The molecule has 3 rings (SSSR count). The minimum Gasteiger partial charge on any atom is -0.366 e. The first-order valence-electron chi connectivity index (χ1n) is 8.90. The van der Waals surface area contributed by atoms with Crippen molar-refractivity contribution in [2.75, 3.05) is 20.1 Å². The van der Waals surface area contributed by atoms with E-state index < -0.39 is 5.91 Å². The number of aromatic nitrogens is 2. The molecule has 26 heavy (non-hydrogen) atoms. The number of aliphatic imine (C=N–C) groups is 1. The Morgan fingerprint density at radius 1 is 1.38 bits per heavy atom. The fraction of sp³-hybridized carbons (Fsp3) is 0.421. The van der Waals surface area contributed by atoms with E-state index in [0.29, 0.717) is 24.1 Å². The summed E-state index contributed by atoms with van der Waals surface area (Å²) in [5.74, 6) is 1.08. The van der Waals surface area contributed by atoms with E-state index in [-0.39, 0.29) is 0 Å². The lowest BCUT2D eigenvalue weighted by Gasteiger charge is -2.39. The van der Waals surface area contributed by atoms with Gasteiger partial charge in [-0.1, -0.05) is 19.1 Å². The van der Waals surface area contributed by atoms with Crippen LogP contribution in [-0.2, 0) is 6.54 Å². The first-order chi connectivity index (χ1) is 12.6. The number of benzene rings is 1. The molecule has 7 nitrogen and oxygen atoms in total. The third-order valence-corrected chi connectivity index (χ3v) is 5.03. The summed E-state index contributed by atoms with van der Waals surface area (Å²) in [6, 6.07) is 7.71. The van der Waals surface area contributed by atoms with Crippen molar-refractivity contribution < 1.29 is 4.79 Å². The van der Waals surface area contributed by atoms with Crippen LogP contribution in [-0.4, -0.2) is 46.5 Å². The molecule has 138 valence electrons. The van der Waals surface area contributed by atoms with Crippen LogP contribution in [0.3, 0.4) is 0 Å². The standard InChI is InChI=1S/C19H26N6O/c1-14-7-9-24(12-17(14)25-10-8-22-13-25)19(21-2)23-11-15-3-5-16(6-4-15)18(20)26/h3-6,8,10,13-14,17H,7,9,11-12H2,1-2H3,(H2,20,26)(H,21,23). The molecule has 0 bridgehead atoms. The molecule has 0 spiro atoms. The number of carbonyl (C=O) groups excluding carboxylic acids is 1. The number of nitrogens with one attached hydrogen (secondary N) is 1. The van der Waals surface area contributed by atoms with Crippen LogP contribution in [0, 0.1) is 5.92 Å². The highest BCUT2D eigenvalue weighted by molar-refractivity contribution is 5.92. The highest BCUT2D eigenvalue weighted by Gasteiger charge is 2.28. The molecule has 1 fully saturated rings. The van der Waals surface area contributed by atoms with Crippen molar-refractivity contribution in [2.24, 2.45) is 16.6 Å². The zero-order chi connectivity index (χ0) is 18.5. The fourth-order valence-electron chi connectivity index (χ4n) is 3.40. The second kappa shape index (κ2) is 8.03. The summed E-state index contributed by atoms with van der Waals surface area (Å²) in [5.41, 5.74) is 6.88. The Labute approximate surface area is 153 Å². The lowest BCUT2D eigenvalue weighted by atomic mass is 9.93. The second-order valence-corrected chi connectivity index (χ2v) is 6.75. The van der Waals surface area contributed by atoms with E-state index in [0.717, 1.165) is 31.0 Å². The zero-order valence-electron chi connectivity index (χ0n) is 15.3. The number of nitrogens with zero attached hydrogens (tertiary/aromatic N) is 4. The van der Waals surface area contributed by atoms with Gasteiger partial charge in [-0.15, -0.1) is 0 Å². The van der Waals surface area contributed by atoms with Crippen molar-refractivity contribution in [2.45, 2.75) is 25.9 Å². The highest BCUT2D eigenvalue weighted by atomic mass is 16.1. The molecule has 0 saturated carbocycles. The van der Waals surface area contributed by atoms with Crippen molar-refractivity contribution in [3.05, 3.63) is 54.1 Å². The smallest absolute Gasteiger partial charge is 0.248 e. The number of piperidine rings is 1. The van der Waals surface area contributed by atoms with Crippen LogP contribution in [0.2, 0.25) is 0 Å². The molecule has 1 aliphatic rings. The van der Waals surface area contributed by atoms with Gasteiger partial charge in [-0.25, -0.2) is 4.98 Å². The van der Waals surface area contributed by atoms with Gasteiger partial charge in [-0.05, 0) is 30.0 Å². The molecule has 2 atom stereocenters. The predicted molar refractivity (Wildman–Crippen MR) is 102 cm³/mol. The van der Waals surface area contributed by atoms with E-state index in [1.54, 1.807) is 12.1 Å². The van der Waals surface area contributed by atoms with Crippen LogP contribution >= 0.6 is 0 Å². The van der Waals surface area contributed by atoms with Crippen LogP contribution in [0.5, 0.6) is 0 Å². The Morgan fingerprint density at radius 2 is 2.15 bits per heavy atom. The van der Waals surface area contributed by atoms with E-state index >= 15 is 0 Å². The molecule has 1 saturated heterocycles. The van der Waals surface area contributed by atoms with Crippen LogP contribution in [0.25, 0.3) is 0 Å². The predicted octanol–water partition coefficient (Wildman–Crippen LogP) is 1.64. The molecule has 1 amide bonds. The summed E-state index contributed by atoms with van der Waals surface area (Å²) in [6.45, 7) is 4.82. The van der Waals surface area contributed by atoms with Gasteiger partial charge >= 0.3 is 0 Å². The Bertz CT molecular complexity index is 753. The molecule has 7 heteroatoms.